The minimum Gasteiger partial charge on any atom is -0.320 e. The number of allylic oxidation sites excluding steroid dienone is 1. The van der Waals surface area contributed by atoms with Crippen LogP contribution < -0.4 is 5.32 Å². The second-order valence-corrected chi connectivity index (χ2v) is 5.98. The van der Waals surface area contributed by atoms with Crippen LogP contribution in [0.1, 0.15) is 53.9 Å². The predicted octanol–water partition coefficient (Wildman–Crippen LogP) is 4.25. The highest BCUT2D eigenvalue weighted by Crippen LogP contribution is 2.42. The Morgan fingerprint density at radius 1 is 1.25 bits per heavy atom. The van der Waals surface area contributed by atoms with E-state index in [0.29, 0.717) is 11.3 Å². The quantitative estimate of drug-likeness (QED) is 0.481. The minimum absolute atomic E-state index is 0.307. The van der Waals surface area contributed by atoms with Crippen molar-refractivity contribution >= 4 is 0 Å². The third kappa shape index (κ3) is 4.69. The van der Waals surface area contributed by atoms with Crippen LogP contribution in [0.5, 0.6) is 0 Å². The number of rotatable bonds is 8. The second-order valence-electron chi connectivity index (χ2n) is 5.98. The lowest BCUT2D eigenvalue weighted by Gasteiger charge is -2.38. The highest BCUT2D eigenvalue weighted by atomic mass is 14.8. The standard InChI is InChI=1S/C15H31N/c1-12(2)11-15(6,13(3)4)14(5)9-8-10-16-7/h12-13,16H,5,8-11H2,1-4,6-7H3. The van der Waals surface area contributed by atoms with Crippen LogP contribution in [0.25, 0.3) is 0 Å². The zero-order valence-corrected chi connectivity index (χ0v) is 12.2. The van der Waals surface area contributed by atoms with E-state index < -0.39 is 0 Å². The van der Waals surface area contributed by atoms with Gasteiger partial charge in [0.2, 0.25) is 0 Å². The molecule has 0 aromatic rings. The maximum absolute atomic E-state index is 4.35. The van der Waals surface area contributed by atoms with E-state index in [0.717, 1.165) is 18.9 Å². The van der Waals surface area contributed by atoms with E-state index in [1.165, 1.54) is 18.4 Å². The van der Waals surface area contributed by atoms with Crippen molar-refractivity contribution in [3.8, 4) is 0 Å². The maximum Gasteiger partial charge on any atom is -0.00489 e. The molecule has 1 atom stereocenters. The van der Waals surface area contributed by atoms with Crippen LogP contribution in [0.15, 0.2) is 12.2 Å². The Morgan fingerprint density at radius 3 is 2.19 bits per heavy atom. The molecular formula is C15H31N. The zero-order chi connectivity index (χ0) is 12.8. The summed E-state index contributed by atoms with van der Waals surface area (Å²) in [6.45, 7) is 17.1. The molecule has 0 aromatic heterocycles. The first-order valence-corrected chi connectivity index (χ1v) is 6.67. The minimum atomic E-state index is 0.307. The number of hydrogen-bond donors (Lipinski definition) is 1. The second kappa shape index (κ2) is 7.11. The van der Waals surface area contributed by atoms with Crippen LogP contribution >= 0.6 is 0 Å². The fourth-order valence-corrected chi connectivity index (χ4v) is 2.40. The average Bonchev–Trinajstić information content (AvgIpc) is 2.16. The molecule has 16 heavy (non-hydrogen) atoms. The van der Waals surface area contributed by atoms with Gasteiger partial charge in [-0.2, -0.15) is 0 Å². The van der Waals surface area contributed by atoms with Gasteiger partial charge < -0.3 is 5.32 Å². The Hall–Kier alpha value is -0.300. The molecule has 0 fully saturated rings. The first-order valence-electron chi connectivity index (χ1n) is 6.67. The summed E-state index contributed by atoms with van der Waals surface area (Å²) >= 11 is 0. The van der Waals surface area contributed by atoms with Crippen molar-refractivity contribution in [3.05, 3.63) is 12.2 Å². The molecule has 0 heterocycles. The molecule has 0 saturated heterocycles. The molecule has 0 bridgehead atoms. The number of hydrogen-bond acceptors (Lipinski definition) is 1. The van der Waals surface area contributed by atoms with Gasteiger partial charge in [-0.05, 0) is 50.1 Å². The molecule has 0 saturated carbocycles. The van der Waals surface area contributed by atoms with Crippen molar-refractivity contribution in [2.24, 2.45) is 17.3 Å². The molecule has 0 aromatic carbocycles. The van der Waals surface area contributed by atoms with Crippen molar-refractivity contribution in [3.63, 3.8) is 0 Å². The lowest BCUT2D eigenvalue weighted by atomic mass is 9.67. The fraction of sp³-hybridized carbons (Fsp3) is 0.867. The molecule has 0 aliphatic carbocycles. The zero-order valence-electron chi connectivity index (χ0n) is 12.2. The Labute approximate surface area is 103 Å². The predicted molar refractivity (Wildman–Crippen MR) is 74.7 cm³/mol. The molecule has 0 aliphatic heterocycles. The third-order valence-corrected chi connectivity index (χ3v) is 3.82. The van der Waals surface area contributed by atoms with E-state index in [1.807, 2.05) is 7.05 Å². The van der Waals surface area contributed by atoms with Gasteiger partial charge in [0.15, 0.2) is 0 Å². The van der Waals surface area contributed by atoms with E-state index in [9.17, 15) is 0 Å². The molecule has 0 amide bonds. The van der Waals surface area contributed by atoms with Crippen molar-refractivity contribution in [1.82, 2.24) is 5.32 Å². The Morgan fingerprint density at radius 2 is 1.81 bits per heavy atom. The molecule has 1 heteroatoms. The van der Waals surface area contributed by atoms with Crippen LogP contribution in [0.4, 0.5) is 0 Å². The van der Waals surface area contributed by atoms with Crippen molar-refractivity contribution in [1.29, 1.82) is 0 Å². The first kappa shape index (κ1) is 15.7. The Kier molecular flexibility index (Phi) is 6.98. The van der Waals surface area contributed by atoms with Gasteiger partial charge in [0.25, 0.3) is 0 Å². The van der Waals surface area contributed by atoms with Gasteiger partial charge in [0, 0.05) is 0 Å². The summed E-state index contributed by atoms with van der Waals surface area (Å²) in [4.78, 5) is 0. The molecule has 0 spiro atoms. The van der Waals surface area contributed by atoms with Crippen LogP contribution in [-0.4, -0.2) is 13.6 Å². The van der Waals surface area contributed by atoms with Crippen LogP contribution in [0.2, 0.25) is 0 Å². The van der Waals surface area contributed by atoms with Crippen molar-refractivity contribution < 1.29 is 0 Å². The highest BCUT2D eigenvalue weighted by molar-refractivity contribution is 5.10. The molecule has 0 aliphatic rings. The van der Waals surface area contributed by atoms with Gasteiger partial charge in [0.1, 0.15) is 0 Å². The number of nitrogens with one attached hydrogen (secondary N) is 1. The summed E-state index contributed by atoms with van der Waals surface area (Å²) in [6.07, 6.45) is 3.61. The Bertz CT molecular complexity index is 205. The summed E-state index contributed by atoms with van der Waals surface area (Å²) in [7, 11) is 2.01. The molecular weight excluding hydrogens is 194 g/mol. The normalized spacial score (nSPS) is 15.5. The molecule has 0 rings (SSSR count). The van der Waals surface area contributed by atoms with Gasteiger partial charge in [-0.3, -0.25) is 0 Å². The topological polar surface area (TPSA) is 12.0 Å². The Balaban J connectivity index is 4.45. The largest absolute Gasteiger partial charge is 0.320 e. The average molecular weight is 225 g/mol. The van der Waals surface area contributed by atoms with Gasteiger partial charge >= 0.3 is 0 Å². The van der Waals surface area contributed by atoms with Gasteiger partial charge in [-0.25, -0.2) is 0 Å². The highest BCUT2D eigenvalue weighted by Gasteiger charge is 2.31. The van der Waals surface area contributed by atoms with Gasteiger partial charge in [-0.1, -0.05) is 46.8 Å². The smallest absolute Gasteiger partial charge is 0.00489 e. The van der Waals surface area contributed by atoms with Crippen molar-refractivity contribution in [2.75, 3.05) is 13.6 Å². The maximum atomic E-state index is 4.35. The van der Waals surface area contributed by atoms with E-state index in [1.54, 1.807) is 0 Å². The summed E-state index contributed by atoms with van der Waals surface area (Å²) in [5.74, 6) is 1.42. The van der Waals surface area contributed by atoms with E-state index in [-0.39, 0.29) is 0 Å². The summed E-state index contributed by atoms with van der Waals surface area (Å²) < 4.78 is 0. The molecule has 1 unspecified atom stereocenters. The molecule has 96 valence electrons. The van der Waals surface area contributed by atoms with E-state index in [2.05, 4.69) is 46.5 Å². The van der Waals surface area contributed by atoms with Crippen LogP contribution in [-0.2, 0) is 0 Å². The summed E-state index contributed by atoms with van der Waals surface area (Å²) in [5.41, 5.74) is 1.74. The molecule has 1 nitrogen and oxygen atoms in total. The summed E-state index contributed by atoms with van der Waals surface area (Å²) in [6, 6.07) is 0. The van der Waals surface area contributed by atoms with E-state index in [4.69, 9.17) is 0 Å². The lowest BCUT2D eigenvalue weighted by molar-refractivity contribution is 0.216. The first-order chi connectivity index (χ1) is 7.34. The van der Waals surface area contributed by atoms with E-state index >= 15 is 0 Å². The van der Waals surface area contributed by atoms with Gasteiger partial charge in [-0.15, -0.1) is 0 Å². The third-order valence-electron chi connectivity index (χ3n) is 3.82. The summed E-state index contributed by atoms with van der Waals surface area (Å²) in [5, 5.41) is 3.20. The fourth-order valence-electron chi connectivity index (χ4n) is 2.40. The SMILES string of the molecule is C=C(CCCNC)C(C)(CC(C)C)C(C)C. The monoisotopic (exact) mass is 225 g/mol. The lowest BCUT2D eigenvalue weighted by Crippen LogP contribution is -2.28. The van der Waals surface area contributed by atoms with Gasteiger partial charge in [0.05, 0.1) is 0 Å². The van der Waals surface area contributed by atoms with Crippen LogP contribution in [0.3, 0.4) is 0 Å². The molecule has 1 N–H and O–H groups in total. The van der Waals surface area contributed by atoms with Crippen LogP contribution in [0, 0.1) is 17.3 Å². The van der Waals surface area contributed by atoms with Crippen molar-refractivity contribution in [2.45, 2.75) is 53.9 Å². The molecule has 0 radical (unpaired) electrons.